The summed E-state index contributed by atoms with van der Waals surface area (Å²) in [6.45, 7) is 4.38. The van der Waals surface area contributed by atoms with E-state index in [-0.39, 0.29) is 11.9 Å². The fraction of sp³-hybridized carbons (Fsp3) is 0.350. The fourth-order valence-electron chi connectivity index (χ4n) is 3.38. The van der Waals surface area contributed by atoms with Crippen molar-refractivity contribution < 1.29 is 9.32 Å². The highest BCUT2D eigenvalue weighted by molar-refractivity contribution is 5.95. The highest BCUT2D eigenvalue weighted by atomic mass is 16.5. The van der Waals surface area contributed by atoms with Crippen LogP contribution < -0.4 is 0 Å². The van der Waals surface area contributed by atoms with Gasteiger partial charge in [-0.15, -0.1) is 0 Å². The molecule has 1 aromatic carbocycles. The average molecular weight is 363 g/mol. The van der Waals surface area contributed by atoms with Crippen LogP contribution in [0.15, 0.2) is 40.9 Å². The molecule has 7 heteroatoms. The molecule has 0 N–H and O–H groups in total. The van der Waals surface area contributed by atoms with Crippen LogP contribution in [0.5, 0.6) is 0 Å². The molecule has 27 heavy (non-hydrogen) atoms. The van der Waals surface area contributed by atoms with Crippen LogP contribution in [0.4, 0.5) is 0 Å². The maximum absolute atomic E-state index is 13.1. The number of nitrogens with zero attached hydrogens (tertiary/aromatic N) is 5. The van der Waals surface area contributed by atoms with Crippen molar-refractivity contribution in [3.8, 4) is 11.3 Å². The minimum Gasteiger partial charge on any atom is -0.337 e. The molecule has 4 rings (SSSR count). The van der Waals surface area contributed by atoms with Gasteiger partial charge in [0.05, 0.1) is 11.4 Å². The Balaban J connectivity index is 1.56. The van der Waals surface area contributed by atoms with Crippen LogP contribution in [0.3, 0.4) is 0 Å². The number of carbonyl (C=O) groups excluding carboxylic acids is 1. The van der Waals surface area contributed by atoms with E-state index >= 15 is 0 Å². The molecule has 2 aromatic heterocycles. The van der Waals surface area contributed by atoms with E-state index in [9.17, 15) is 4.79 Å². The number of benzene rings is 1. The van der Waals surface area contributed by atoms with Crippen molar-refractivity contribution in [2.45, 2.75) is 39.2 Å². The van der Waals surface area contributed by atoms with Crippen molar-refractivity contribution in [3.05, 3.63) is 59.4 Å². The van der Waals surface area contributed by atoms with E-state index in [4.69, 9.17) is 4.52 Å². The number of carbonyl (C=O) groups is 1. The number of piperidine rings is 1. The standard InChI is InChI=1S/C20H21N5O2/c1-13-6-11-17(23-22-13)15-7-9-16(10-8-15)20(26)25-12-4-3-5-18(25)19-21-14(2)24-27-19/h6-11,18H,3-5,12H2,1-2H3. The molecule has 1 amide bonds. The second-order valence-electron chi connectivity index (χ2n) is 6.83. The van der Waals surface area contributed by atoms with Crippen LogP contribution in [0.25, 0.3) is 11.3 Å². The van der Waals surface area contributed by atoms with Gasteiger partial charge in [-0.25, -0.2) is 0 Å². The number of likely N-dealkylation sites (tertiary alicyclic amines) is 1. The van der Waals surface area contributed by atoms with Gasteiger partial charge >= 0.3 is 0 Å². The lowest BCUT2D eigenvalue weighted by Crippen LogP contribution is -2.38. The predicted molar refractivity (Wildman–Crippen MR) is 98.9 cm³/mol. The van der Waals surface area contributed by atoms with Gasteiger partial charge in [0.15, 0.2) is 5.82 Å². The molecule has 0 bridgehead atoms. The minimum absolute atomic E-state index is 0.0166. The summed E-state index contributed by atoms with van der Waals surface area (Å²) < 4.78 is 5.34. The third kappa shape index (κ3) is 3.58. The maximum atomic E-state index is 13.1. The van der Waals surface area contributed by atoms with Crippen LogP contribution in [-0.4, -0.2) is 37.7 Å². The summed E-state index contributed by atoms with van der Waals surface area (Å²) in [6, 6.07) is 11.2. The SMILES string of the molecule is Cc1ccc(-c2ccc(C(=O)N3CCCCC3c3nc(C)no3)cc2)nn1. The summed E-state index contributed by atoms with van der Waals surface area (Å²) in [6.07, 6.45) is 2.86. The quantitative estimate of drug-likeness (QED) is 0.708. The molecule has 1 aliphatic heterocycles. The van der Waals surface area contributed by atoms with Crippen molar-refractivity contribution in [2.75, 3.05) is 6.54 Å². The molecule has 1 aliphatic rings. The molecular formula is C20H21N5O2. The first kappa shape index (κ1) is 17.3. The number of aromatic nitrogens is 4. The Bertz CT molecular complexity index is 934. The third-order valence-corrected chi connectivity index (χ3v) is 4.82. The van der Waals surface area contributed by atoms with Crippen LogP contribution >= 0.6 is 0 Å². The van der Waals surface area contributed by atoms with Crippen LogP contribution in [0.2, 0.25) is 0 Å². The zero-order chi connectivity index (χ0) is 18.8. The molecule has 3 aromatic rings. The van der Waals surface area contributed by atoms with Gasteiger partial charge in [-0.1, -0.05) is 17.3 Å². The van der Waals surface area contributed by atoms with Crippen molar-refractivity contribution in [1.82, 2.24) is 25.2 Å². The lowest BCUT2D eigenvalue weighted by molar-refractivity contribution is 0.0561. The third-order valence-electron chi connectivity index (χ3n) is 4.82. The van der Waals surface area contributed by atoms with E-state index in [1.54, 1.807) is 6.92 Å². The summed E-state index contributed by atoms with van der Waals surface area (Å²) >= 11 is 0. The lowest BCUT2D eigenvalue weighted by Gasteiger charge is -2.33. The Morgan fingerprint density at radius 2 is 1.89 bits per heavy atom. The van der Waals surface area contributed by atoms with Crippen molar-refractivity contribution in [2.24, 2.45) is 0 Å². The topological polar surface area (TPSA) is 85.0 Å². The average Bonchev–Trinajstić information content (AvgIpc) is 3.14. The second kappa shape index (κ2) is 7.26. The first-order valence-corrected chi connectivity index (χ1v) is 9.14. The molecule has 0 spiro atoms. The first-order valence-electron chi connectivity index (χ1n) is 9.14. The van der Waals surface area contributed by atoms with Gasteiger partial charge in [0.1, 0.15) is 6.04 Å². The van der Waals surface area contributed by atoms with Gasteiger partial charge in [0.25, 0.3) is 5.91 Å². The molecular weight excluding hydrogens is 342 g/mol. The lowest BCUT2D eigenvalue weighted by atomic mass is 10.00. The van der Waals surface area contributed by atoms with Crippen molar-refractivity contribution in [3.63, 3.8) is 0 Å². The van der Waals surface area contributed by atoms with Gasteiger partial charge < -0.3 is 9.42 Å². The summed E-state index contributed by atoms with van der Waals surface area (Å²) in [7, 11) is 0. The normalized spacial score (nSPS) is 17.1. The summed E-state index contributed by atoms with van der Waals surface area (Å²) in [5, 5.41) is 12.2. The van der Waals surface area contributed by atoms with E-state index in [0.717, 1.165) is 36.2 Å². The molecule has 1 saturated heterocycles. The molecule has 0 saturated carbocycles. The highest BCUT2D eigenvalue weighted by Gasteiger charge is 2.32. The van der Waals surface area contributed by atoms with E-state index < -0.39 is 0 Å². The van der Waals surface area contributed by atoms with Gasteiger partial charge in [0.2, 0.25) is 5.89 Å². The van der Waals surface area contributed by atoms with Crippen LogP contribution in [0, 0.1) is 13.8 Å². The van der Waals surface area contributed by atoms with E-state index in [0.29, 0.717) is 23.8 Å². The Labute approximate surface area is 157 Å². The molecule has 7 nitrogen and oxygen atoms in total. The predicted octanol–water partition coefficient (Wildman–Crippen LogP) is 3.51. The van der Waals surface area contributed by atoms with Crippen LogP contribution in [0.1, 0.15) is 53.1 Å². The molecule has 0 aliphatic carbocycles. The Hall–Kier alpha value is -3.09. The molecule has 1 fully saturated rings. The van der Waals surface area contributed by atoms with E-state index in [2.05, 4.69) is 20.3 Å². The summed E-state index contributed by atoms with van der Waals surface area (Å²) in [5.74, 6) is 1.09. The zero-order valence-corrected chi connectivity index (χ0v) is 15.4. The number of hydrogen-bond donors (Lipinski definition) is 0. The fourth-order valence-corrected chi connectivity index (χ4v) is 3.38. The zero-order valence-electron chi connectivity index (χ0n) is 15.4. The van der Waals surface area contributed by atoms with Gasteiger partial charge in [0, 0.05) is 17.7 Å². The molecule has 0 radical (unpaired) electrons. The highest BCUT2D eigenvalue weighted by Crippen LogP contribution is 2.31. The molecule has 3 heterocycles. The Morgan fingerprint density at radius 1 is 1.07 bits per heavy atom. The smallest absolute Gasteiger partial charge is 0.254 e. The maximum Gasteiger partial charge on any atom is 0.254 e. The Morgan fingerprint density at radius 3 is 2.56 bits per heavy atom. The van der Waals surface area contributed by atoms with Gasteiger partial charge in [-0.2, -0.15) is 15.2 Å². The van der Waals surface area contributed by atoms with Crippen LogP contribution in [-0.2, 0) is 0 Å². The first-order chi connectivity index (χ1) is 13.1. The monoisotopic (exact) mass is 363 g/mol. The molecule has 138 valence electrons. The van der Waals surface area contributed by atoms with Crippen molar-refractivity contribution >= 4 is 5.91 Å². The number of rotatable bonds is 3. The molecule has 1 unspecified atom stereocenters. The van der Waals surface area contributed by atoms with E-state index in [1.165, 1.54) is 0 Å². The van der Waals surface area contributed by atoms with Gasteiger partial charge in [-0.05, 0) is 57.4 Å². The molecule has 1 atom stereocenters. The second-order valence-corrected chi connectivity index (χ2v) is 6.83. The number of hydrogen-bond acceptors (Lipinski definition) is 6. The largest absolute Gasteiger partial charge is 0.337 e. The Kier molecular flexibility index (Phi) is 4.66. The number of aryl methyl sites for hydroxylation is 2. The number of amides is 1. The van der Waals surface area contributed by atoms with Crippen molar-refractivity contribution in [1.29, 1.82) is 0 Å². The summed E-state index contributed by atoms with van der Waals surface area (Å²) in [4.78, 5) is 19.3. The van der Waals surface area contributed by atoms with E-state index in [1.807, 2.05) is 48.2 Å². The van der Waals surface area contributed by atoms with Gasteiger partial charge in [-0.3, -0.25) is 4.79 Å². The minimum atomic E-state index is -0.157. The summed E-state index contributed by atoms with van der Waals surface area (Å²) in [5.41, 5.74) is 3.23.